The second-order valence-corrected chi connectivity index (χ2v) is 6.79. The molecule has 1 aliphatic heterocycles. The van der Waals surface area contributed by atoms with Crippen molar-refractivity contribution in [1.29, 1.82) is 0 Å². The summed E-state index contributed by atoms with van der Waals surface area (Å²) < 4.78 is 13.9. The zero-order valence-corrected chi connectivity index (χ0v) is 15.7. The van der Waals surface area contributed by atoms with E-state index in [9.17, 15) is 18.8 Å². The van der Waals surface area contributed by atoms with Crippen LogP contribution in [-0.2, 0) is 9.59 Å². The number of amides is 3. The van der Waals surface area contributed by atoms with E-state index >= 15 is 0 Å². The van der Waals surface area contributed by atoms with Crippen LogP contribution < -0.4 is 15.5 Å². The largest absolute Gasteiger partial charge is 0.354 e. The normalized spacial score (nSPS) is 16.1. The predicted molar refractivity (Wildman–Crippen MR) is 104 cm³/mol. The van der Waals surface area contributed by atoms with Gasteiger partial charge in [-0.25, -0.2) is 4.39 Å². The molecule has 2 aromatic rings. The van der Waals surface area contributed by atoms with Gasteiger partial charge in [0.15, 0.2) is 0 Å². The number of para-hydroxylation sites is 1. The summed E-state index contributed by atoms with van der Waals surface area (Å²) in [5.41, 5.74) is 0.534. The van der Waals surface area contributed by atoms with E-state index in [1.165, 1.54) is 17.0 Å². The molecule has 0 aliphatic carbocycles. The van der Waals surface area contributed by atoms with Crippen LogP contribution in [0.5, 0.6) is 0 Å². The molecule has 1 unspecified atom stereocenters. The Kier molecular flexibility index (Phi) is 6.26. The lowest BCUT2D eigenvalue weighted by atomic mass is 10.1. The summed E-state index contributed by atoms with van der Waals surface area (Å²) in [6.07, 6.45) is 0.0200. The van der Waals surface area contributed by atoms with Crippen molar-refractivity contribution in [3.8, 4) is 0 Å². The molecule has 3 amide bonds. The van der Waals surface area contributed by atoms with Gasteiger partial charge in [0.2, 0.25) is 11.8 Å². The van der Waals surface area contributed by atoms with Gasteiger partial charge in [0, 0.05) is 26.1 Å². The highest BCUT2D eigenvalue weighted by Gasteiger charge is 2.35. The summed E-state index contributed by atoms with van der Waals surface area (Å²) >= 11 is 5.96. The Balaban J connectivity index is 1.47. The molecule has 146 valence electrons. The zero-order valence-electron chi connectivity index (χ0n) is 15.0. The number of benzene rings is 2. The molecule has 0 spiro atoms. The molecule has 8 heteroatoms. The average Bonchev–Trinajstić information content (AvgIpc) is 3.07. The monoisotopic (exact) mass is 403 g/mol. The Morgan fingerprint density at radius 2 is 1.75 bits per heavy atom. The number of carbonyl (C=O) groups is 3. The SMILES string of the molecule is O=C(NCCNC(=O)C1CC(=O)N(c2ccccc2F)C1)c1ccccc1Cl. The van der Waals surface area contributed by atoms with Gasteiger partial charge < -0.3 is 15.5 Å². The zero-order chi connectivity index (χ0) is 20.1. The minimum Gasteiger partial charge on any atom is -0.354 e. The maximum atomic E-state index is 13.9. The summed E-state index contributed by atoms with van der Waals surface area (Å²) in [6.45, 7) is 0.546. The van der Waals surface area contributed by atoms with E-state index < -0.39 is 11.7 Å². The lowest BCUT2D eigenvalue weighted by molar-refractivity contribution is -0.126. The summed E-state index contributed by atoms with van der Waals surface area (Å²) in [4.78, 5) is 37.8. The summed E-state index contributed by atoms with van der Waals surface area (Å²) in [5.74, 6) is -2.00. The average molecular weight is 404 g/mol. The molecule has 2 N–H and O–H groups in total. The topological polar surface area (TPSA) is 78.5 Å². The van der Waals surface area contributed by atoms with Crippen LogP contribution in [0.4, 0.5) is 10.1 Å². The highest BCUT2D eigenvalue weighted by Crippen LogP contribution is 2.27. The van der Waals surface area contributed by atoms with Gasteiger partial charge in [0.25, 0.3) is 5.91 Å². The van der Waals surface area contributed by atoms with Gasteiger partial charge in [-0.1, -0.05) is 35.9 Å². The van der Waals surface area contributed by atoms with Gasteiger partial charge in [-0.15, -0.1) is 0 Å². The molecule has 1 atom stereocenters. The van der Waals surface area contributed by atoms with Gasteiger partial charge in [0.1, 0.15) is 5.82 Å². The van der Waals surface area contributed by atoms with Gasteiger partial charge in [-0.05, 0) is 24.3 Å². The third kappa shape index (κ3) is 4.48. The van der Waals surface area contributed by atoms with Gasteiger partial charge >= 0.3 is 0 Å². The minimum absolute atomic E-state index is 0.0200. The number of hydrogen-bond donors (Lipinski definition) is 2. The van der Waals surface area contributed by atoms with Crippen molar-refractivity contribution in [3.05, 3.63) is 64.9 Å². The first-order valence-electron chi connectivity index (χ1n) is 8.82. The standard InChI is InChI=1S/C20H19ClFN3O3/c21-15-6-2-1-5-14(15)20(28)24-10-9-23-19(27)13-11-18(26)25(12-13)17-8-4-3-7-16(17)22/h1-8,13H,9-12H2,(H,23,27)(H,24,28). The van der Waals surface area contributed by atoms with Gasteiger partial charge in [0.05, 0.1) is 22.2 Å². The van der Waals surface area contributed by atoms with Crippen molar-refractivity contribution in [3.63, 3.8) is 0 Å². The molecule has 2 aromatic carbocycles. The number of carbonyl (C=O) groups excluding carboxylic acids is 3. The second kappa shape index (κ2) is 8.84. The molecular weight excluding hydrogens is 385 g/mol. The maximum Gasteiger partial charge on any atom is 0.252 e. The van der Waals surface area contributed by atoms with E-state index in [-0.39, 0.29) is 49.5 Å². The summed E-state index contributed by atoms with van der Waals surface area (Å²) in [7, 11) is 0. The molecule has 3 rings (SSSR count). The van der Waals surface area contributed by atoms with Crippen LogP contribution in [0.3, 0.4) is 0 Å². The molecule has 1 heterocycles. The number of anilines is 1. The van der Waals surface area contributed by atoms with E-state index in [0.717, 1.165) is 0 Å². The fraction of sp³-hybridized carbons (Fsp3) is 0.250. The molecule has 1 aliphatic rings. The van der Waals surface area contributed by atoms with E-state index in [4.69, 9.17) is 11.6 Å². The van der Waals surface area contributed by atoms with Crippen LogP contribution in [0.2, 0.25) is 5.02 Å². The Morgan fingerprint density at radius 3 is 2.50 bits per heavy atom. The van der Waals surface area contributed by atoms with Crippen molar-refractivity contribution >= 4 is 35.0 Å². The van der Waals surface area contributed by atoms with E-state index in [0.29, 0.717) is 10.6 Å². The Morgan fingerprint density at radius 1 is 1.07 bits per heavy atom. The highest BCUT2D eigenvalue weighted by molar-refractivity contribution is 6.33. The number of nitrogens with zero attached hydrogens (tertiary/aromatic N) is 1. The Bertz CT molecular complexity index is 906. The third-order valence-corrected chi connectivity index (χ3v) is 4.80. The van der Waals surface area contributed by atoms with Crippen molar-refractivity contribution in [2.24, 2.45) is 5.92 Å². The molecule has 6 nitrogen and oxygen atoms in total. The quantitative estimate of drug-likeness (QED) is 0.727. The second-order valence-electron chi connectivity index (χ2n) is 6.38. The van der Waals surface area contributed by atoms with Crippen LogP contribution in [-0.4, -0.2) is 37.4 Å². The van der Waals surface area contributed by atoms with Crippen molar-refractivity contribution in [1.82, 2.24) is 10.6 Å². The van der Waals surface area contributed by atoms with Gasteiger partial charge in [-0.2, -0.15) is 0 Å². The predicted octanol–water partition coefficient (Wildman–Crippen LogP) is 2.38. The fourth-order valence-corrected chi connectivity index (χ4v) is 3.25. The lowest BCUT2D eigenvalue weighted by Gasteiger charge is -2.17. The van der Waals surface area contributed by atoms with Crippen molar-refractivity contribution < 1.29 is 18.8 Å². The number of rotatable bonds is 6. The minimum atomic E-state index is -0.564. The number of halogens is 2. The van der Waals surface area contributed by atoms with E-state index in [2.05, 4.69) is 10.6 Å². The molecule has 0 saturated carbocycles. The van der Waals surface area contributed by atoms with Crippen molar-refractivity contribution in [2.75, 3.05) is 24.5 Å². The van der Waals surface area contributed by atoms with Crippen LogP contribution in [0.25, 0.3) is 0 Å². The number of nitrogens with one attached hydrogen (secondary N) is 2. The molecule has 28 heavy (non-hydrogen) atoms. The summed E-state index contributed by atoms with van der Waals surface area (Å²) in [5, 5.41) is 5.71. The molecule has 1 saturated heterocycles. The van der Waals surface area contributed by atoms with Crippen molar-refractivity contribution in [2.45, 2.75) is 6.42 Å². The molecule has 0 radical (unpaired) electrons. The summed E-state index contributed by atoms with van der Waals surface area (Å²) in [6, 6.07) is 12.6. The molecule has 0 bridgehead atoms. The highest BCUT2D eigenvalue weighted by atomic mass is 35.5. The van der Waals surface area contributed by atoms with E-state index in [1.807, 2.05) is 0 Å². The smallest absolute Gasteiger partial charge is 0.252 e. The van der Waals surface area contributed by atoms with E-state index in [1.54, 1.807) is 36.4 Å². The van der Waals surface area contributed by atoms with Gasteiger partial charge in [-0.3, -0.25) is 14.4 Å². The third-order valence-electron chi connectivity index (χ3n) is 4.47. The molecular formula is C20H19ClFN3O3. The van der Waals surface area contributed by atoms with Crippen LogP contribution in [0.1, 0.15) is 16.8 Å². The molecule has 0 aromatic heterocycles. The fourth-order valence-electron chi connectivity index (χ4n) is 3.03. The first-order chi connectivity index (χ1) is 13.5. The molecule has 1 fully saturated rings. The lowest BCUT2D eigenvalue weighted by Crippen LogP contribution is -2.38. The Labute approximate surface area is 166 Å². The van der Waals surface area contributed by atoms with Crippen LogP contribution in [0.15, 0.2) is 48.5 Å². The maximum absolute atomic E-state index is 13.9. The number of hydrogen-bond acceptors (Lipinski definition) is 3. The first-order valence-corrected chi connectivity index (χ1v) is 9.20. The van der Waals surface area contributed by atoms with Crippen LogP contribution >= 0.6 is 11.6 Å². The Hall–Kier alpha value is -2.93. The first kappa shape index (κ1) is 19.8. The van der Waals surface area contributed by atoms with Crippen LogP contribution in [0, 0.1) is 11.7 Å².